The van der Waals surface area contributed by atoms with Crippen molar-refractivity contribution in [3.05, 3.63) is 200 Å². The molecule has 9 aromatic carbocycles. The second-order valence-electron chi connectivity index (χ2n) is 13.3. The molecule has 0 fully saturated rings. The third-order valence-corrected chi connectivity index (χ3v) is 10.3. The fourth-order valence-electron chi connectivity index (χ4n) is 7.81. The van der Waals surface area contributed by atoms with Gasteiger partial charge in [0.15, 0.2) is 0 Å². The van der Waals surface area contributed by atoms with Gasteiger partial charge in [0.1, 0.15) is 11.2 Å². The van der Waals surface area contributed by atoms with Gasteiger partial charge in [-0.2, -0.15) is 0 Å². The SMILES string of the molecule is c1cc(-c2ccc(N(c3ccccc3-c3cccc4c3oc3ccccc34)c3cccc4ccccc34)cc2)cc(-c2cccc3ccccc23)c1. The average molecular weight is 664 g/mol. The summed E-state index contributed by atoms with van der Waals surface area (Å²) in [5, 5.41) is 7.15. The molecule has 2 heteroatoms. The summed E-state index contributed by atoms with van der Waals surface area (Å²) in [5.41, 5.74) is 12.1. The molecule has 0 aliphatic carbocycles. The van der Waals surface area contributed by atoms with E-state index in [9.17, 15) is 0 Å². The molecule has 0 N–H and O–H groups in total. The lowest BCUT2D eigenvalue weighted by Crippen LogP contribution is -2.11. The number of benzene rings is 9. The average Bonchev–Trinajstić information content (AvgIpc) is 3.61. The third kappa shape index (κ3) is 5.04. The topological polar surface area (TPSA) is 16.4 Å². The van der Waals surface area contributed by atoms with Gasteiger partial charge in [-0.1, -0.05) is 164 Å². The van der Waals surface area contributed by atoms with Crippen molar-refractivity contribution in [2.75, 3.05) is 4.90 Å². The van der Waals surface area contributed by atoms with Gasteiger partial charge >= 0.3 is 0 Å². The van der Waals surface area contributed by atoms with Crippen LogP contribution in [-0.2, 0) is 0 Å². The molecule has 0 aliphatic heterocycles. The van der Waals surface area contributed by atoms with Crippen molar-refractivity contribution in [1.82, 2.24) is 0 Å². The first-order chi connectivity index (χ1) is 25.8. The van der Waals surface area contributed by atoms with Gasteiger partial charge in [-0.05, 0) is 74.8 Å². The lowest BCUT2D eigenvalue weighted by atomic mass is 9.95. The summed E-state index contributed by atoms with van der Waals surface area (Å²) in [5.74, 6) is 0. The Labute approximate surface area is 302 Å². The van der Waals surface area contributed by atoms with Gasteiger partial charge in [0.2, 0.25) is 0 Å². The molecule has 52 heavy (non-hydrogen) atoms. The first-order valence-corrected chi connectivity index (χ1v) is 17.8. The van der Waals surface area contributed by atoms with Crippen LogP contribution in [0.15, 0.2) is 205 Å². The van der Waals surface area contributed by atoms with Crippen LogP contribution in [0.3, 0.4) is 0 Å². The van der Waals surface area contributed by atoms with Gasteiger partial charge in [0.05, 0.1) is 11.4 Å². The number of rotatable bonds is 6. The summed E-state index contributed by atoms with van der Waals surface area (Å²) in [6.45, 7) is 0. The minimum absolute atomic E-state index is 0.897. The quantitative estimate of drug-likeness (QED) is 0.176. The summed E-state index contributed by atoms with van der Waals surface area (Å²) in [6, 6.07) is 71.7. The molecule has 0 saturated carbocycles. The van der Waals surface area contributed by atoms with Crippen molar-refractivity contribution in [2.45, 2.75) is 0 Å². The highest BCUT2D eigenvalue weighted by Gasteiger charge is 2.21. The lowest BCUT2D eigenvalue weighted by molar-refractivity contribution is 0.670. The predicted molar refractivity (Wildman–Crippen MR) is 220 cm³/mol. The monoisotopic (exact) mass is 663 g/mol. The maximum atomic E-state index is 6.57. The van der Waals surface area contributed by atoms with Gasteiger partial charge in [0.25, 0.3) is 0 Å². The molecule has 0 bridgehead atoms. The molecule has 10 rings (SSSR count). The number of nitrogens with zero attached hydrogens (tertiary/aromatic N) is 1. The zero-order valence-electron chi connectivity index (χ0n) is 28.4. The zero-order valence-corrected chi connectivity index (χ0v) is 28.4. The van der Waals surface area contributed by atoms with Crippen LogP contribution in [0.4, 0.5) is 17.1 Å². The van der Waals surface area contributed by atoms with E-state index in [4.69, 9.17) is 4.42 Å². The van der Waals surface area contributed by atoms with Gasteiger partial charge in [-0.25, -0.2) is 0 Å². The van der Waals surface area contributed by atoms with E-state index >= 15 is 0 Å². The summed E-state index contributed by atoms with van der Waals surface area (Å²) in [4.78, 5) is 2.40. The Morgan fingerprint density at radius 1 is 0.327 bits per heavy atom. The van der Waals surface area contributed by atoms with Crippen molar-refractivity contribution < 1.29 is 4.42 Å². The smallest absolute Gasteiger partial charge is 0.143 e. The number of anilines is 3. The molecular formula is C50H33NO. The number of hydrogen-bond acceptors (Lipinski definition) is 2. The maximum Gasteiger partial charge on any atom is 0.143 e. The molecule has 1 heterocycles. The molecule has 1 aromatic heterocycles. The fourth-order valence-corrected chi connectivity index (χ4v) is 7.81. The number of fused-ring (bicyclic) bond motifs is 5. The van der Waals surface area contributed by atoms with Crippen molar-refractivity contribution in [3.8, 4) is 33.4 Å². The van der Waals surface area contributed by atoms with Gasteiger partial charge in [-0.15, -0.1) is 0 Å². The van der Waals surface area contributed by atoms with Gasteiger partial charge < -0.3 is 9.32 Å². The van der Waals surface area contributed by atoms with Crippen LogP contribution in [0.25, 0.3) is 76.9 Å². The minimum Gasteiger partial charge on any atom is -0.455 e. The van der Waals surface area contributed by atoms with E-state index in [-0.39, 0.29) is 0 Å². The summed E-state index contributed by atoms with van der Waals surface area (Å²) in [7, 11) is 0. The first-order valence-electron chi connectivity index (χ1n) is 17.8. The maximum absolute atomic E-state index is 6.57. The molecule has 0 amide bonds. The van der Waals surface area contributed by atoms with E-state index in [1.807, 2.05) is 12.1 Å². The molecule has 0 atom stereocenters. The van der Waals surface area contributed by atoms with Gasteiger partial charge in [0, 0.05) is 33.0 Å². The zero-order chi connectivity index (χ0) is 34.4. The molecule has 0 aliphatic rings. The lowest BCUT2D eigenvalue weighted by Gasteiger charge is -2.29. The van der Waals surface area contributed by atoms with Crippen LogP contribution in [-0.4, -0.2) is 0 Å². The van der Waals surface area contributed by atoms with Crippen LogP contribution in [0.2, 0.25) is 0 Å². The molecule has 244 valence electrons. The van der Waals surface area contributed by atoms with E-state index < -0.39 is 0 Å². The molecule has 2 nitrogen and oxygen atoms in total. The van der Waals surface area contributed by atoms with E-state index in [2.05, 4.69) is 193 Å². The summed E-state index contributed by atoms with van der Waals surface area (Å²) in [6.07, 6.45) is 0. The Balaban J connectivity index is 1.13. The fraction of sp³-hybridized carbons (Fsp3) is 0. The van der Waals surface area contributed by atoms with Crippen molar-refractivity contribution >= 4 is 60.5 Å². The van der Waals surface area contributed by atoms with Gasteiger partial charge in [-0.3, -0.25) is 0 Å². The highest BCUT2D eigenvalue weighted by molar-refractivity contribution is 6.11. The van der Waals surface area contributed by atoms with E-state index in [1.165, 1.54) is 43.8 Å². The van der Waals surface area contributed by atoms with E-state index in [1.54, 1.807) is 0 Å². The Hall–Kier alpha value is -6.90. The molecule has 0 saturated heterocycles. The normalized spacial score (nSPS) is 11.5. The Morgan fingerprint density at radius 3 is 1.75 bits per heavy atom. The minimum atomic E-state index is 0.897. The van der Waals surface area contributed by atoms with E-state index in [0.29, 0.717) is 0 Å². The largest absolute Gasteiger partial charge is 0.455 e. The van der Waals surface area contributed by atoms with Crippen LogP contribution in [0, 0.1) is 0 Å². The van der Waals surface area contributed by atoms with Crippen molar-refractivity contribution in [2.24, 2.45) is 0 Å². The standard InChI is InChI=1S/C50H33NO/c1-3-19-40-35(13-1)15-10-23-41(40)38-18-9-17-37(33-38)34-29-31-39(32-30-34)51(47-27-11-16-36-14-2-4-20-42(36)47)48-26-7-5-21-43(48)45-24-12-25-46-44-22-6-8-28-49(44)52-50(45)46/h1-33H. The van der Waals surface area contributed by atoms with E-state index in [0.717, 1.165) is 50.1 Å². The van der Waals surface area contributed by atoms with Crippen molar-refractivity contribution in [1.29, 1.82) is 0 Å². The Morgan fingerprint density at radius 2 is 0.885 bits per heavy atom. The first kappa shape index (κ1) is 30.0. The third-order valence-electron chi connectivity index (χ3n) is 10.3. The molecular weight excluding hydrogens is 631 g/mol. The van der Waals surface area contributed by atoms with Crippen LogP contribution in [0.1, 0.15) is 0 Å². The summed E-state index contributed by atoms with van der Waals surface area (Å²) >= 11 is 0. The second kappa shape index (κ2) is 12.5. The number of hydrogen-bond donors (Lipinski definition) is 0. The second-order valence-corrected chi connectivity index (χ2v) is 13.3. The summed E-state index contributed by atoms with van der Waals surface area (Å²) < 4.78 is 6.57. The highest BCUT2D eigenvalue weighted by Crippen LogP contribution is 2.46. The van der Waals surface area contributed by atoms with Crippen LogP contribution >= 0.6 is 0 Å². The number of para-hydroxylation sites is 3. The molecule has 0 spiro atoms. The molecule has 0 unspecified atom stereocenters. The molecule has 10 aromatic rings. The Kier molecular flexibility index (Phi) is 7.18. The van der Waals surface area contributed by atoms with Crippen molar-refractivity contribution in [3.63, 3.8) is 0 Å². The Bertz CT molecular complexity index is 2910. The van der Waals surface area contributed by atoms with Crippen LogP contribution < -0.4 is 4.90 Å². The predicted octanol–water partition coefficient (Wildman–Crippen LogP) is 14.4. The molecule has 0 radical (unpaired) electrons. The number of furan rings is 1. The van der Waals surface area contributed by atoms with Crippen LogP contribution in [0.5, 0.6) is 0 Å². The highest BCUT2D eigenvalue weighted by atomic mass is 16.3.